The molecule has 4 atom stereocenters. The molecule has 2 saturated heterocycles. The summed E-state index contributed by atoms with van der Waals surface area (Å²) in [5.41, 5.74) is 4.91. The van der Waals surface area contributed by atoms with E-state index >= 15 is 0 Å². The molecule has 4 nitrogen and oxygen atoms in total. The maximum Gasteiger partial charge on any atom is 0.198 e. The van der Waals surface area contributed by atoms with Crippen LogP contribution >= 0.6 is 11.6 Å². The summed E-state index contributed by atoms with van der Waals surface area (Å²) in [7, 11) is 0. The molecule has 2 aromatic rings. The number of hydrogen-bond donors (Lipinski definition) is 2. The van der Waals surface area contributed by atoms with Crippen LogP contribution in [0.15, 0.2) is 48.5 Å². The highest BCUT2D eigenvalue weighted by Gasteiger charge is 2.60. The van der Waals surface area contributed by atoms with Gasteiger partial charge in [0.2, 0.25) is 0 Å². The van der Waals surface area contributed by atoms with Crippen molar-refractivity contribution in [3.8, 4) is 0 Å². The highest BCUT2D eigenvalue weighted by molar-refractivity contribution is 6.31. The van der Waals surface area contributed by atoms with Crippen molar-refractivity contribution in [3.05, 3.63) is 75.8 Å². The van der Waals surface area contributed by atoms with Gasteiger partial charge in [0.15, 0.2) is 5.79 Å². The normalized spacial score (nSPS) is 32.1. The van der Waals surface area contributed by atoms with Crippen LogP contribution in [-0.2, 0) is 21.7 Å². The van der Waals surface area contributed by atoms with Gasteiger partial charge in [0.25, 0.3) is 0 Å². The van der Waals surface area contributed by atoms with E-state index in [1.807, 2.05) is 25.1 Å². The molecule has 5 rings (SSSR count). The van der Waals surface area contributed by atoms with E-state index in [1.165, 1.54) is 36.0 Å². The number of fused-ring (bicyclic) bond motifs is 2. The molecule has 1 aliphatic carbocycles. The molecule has 32 heavy (non-hydrogen) atoms. The molecule has 2 fully saturated rings. The number of aliphatic hydroxyl groups is 2. The number of benzene rings is 2. The Labute approximate surface area is 194 Å². The van der Waals surface area contributed by atoms with Crippen LogP contribution in [0.2, 0.25) is 5.02 Å². The summed E-state index contributed by atoms with van der Waals surface area (Å²) in [5.74, 6) is -1.25. The van der Waals surface area contributed by atoms with Gasteiger partial charge in [-0.3, -0.25) is 0 Å². The quantitative estimate of drug-likeness (QED) is 0.650. The van der Waals surface area contributed by atoms with E-state index in [0.29, 0.717) is 17.9 Å². The van der Waals surface area contributed by atoms with Gasteiger partial charge < -0.3 is 19.7 Å². The fraction of sp³-hybridized carbons (Fsp3) is 0.481. The van der Waals surface area contributed by atoms with Crippen molar-refractivity contribution in [3.63, 3.8) is 0 Å². The number of aliphatic hydroxyl groups excluding tert-OH is 2. The van der Waals surface area contributed by atoms with Crippen molar-refractivity contribution in [1.29, 1.82) is 0 Å². The third-order valence-corrected chi connectivity index (χ3v) is 7.93. The minimum absolute atomic E-state index is 0.184. The predicted molar refractivity (Wildman–Crippen MR) is 125 cm³/mol. The van der Waals surface area contributed by atoms with Crippen molar-refractivity contribution >= 4 is 17.2 Å². The van der Waals surface area contributed by atoms with Gasteiger partial charge in [-0.25, -0.2) is 0 Å². The van der Waals surface area contributed by atoms with Crippen molar-refractivity contribution < 1.29 is 19.7 Å². The SMILES string of the molecule is C[C@@H]1[C@H](O)C[C@@]2(c3ccc(Cl)c(Cc4ccc(C5=CCCCC5)cc4)c3)OC[C@]1(CO)O2. The minimum Gasteiger partial charge on any atom is -0.393 e. The van der Waals surface area contributed by atoms with Crippen LogP contribution < -0.4 is 0 Å². The lowest BCUT2D eigenvalue weighted by molar-refractivity contribution is -0.266. The smallest absolute Gasteiger partial charge is 0.198 e. The average molecular weight is 455 g/mol. The van der Waals surface area contributed by atoms with Crippen LogP contribution in [0.4, 0.5) is 0 Å². The second kappa shape index (κ2) is 8.58. The fourth-order valence-corrected chi connectivity index (χ4v) is 5.52. The third kappa shape index (κ3) is 3.82. The van der Waals surface area contributed by atoms with E-state index < -0.39 is 17.5 Å². The molecule has 0 unspecified atom stereocenters. The molecular weight excluding hydrogens is 424 g/mol. The molecule has 3 aliphatic rings. The summed E-state index contributed by atoms with van der Waals surface area (Å²) in [5, 5.41) is 21.4. The minimum atomic E-state index is -1.05. The van der Waals surface area contributed by atoms with Gasteiger partial charge in [0.1, 0.15) is 5.60 Å². The Balaban J connectivity index is 1.40. The van der Waals surface area contributed by atoms with Gasteiger partial charge in [-0.2, -0.15) is 0 Å². The Morgan fingerprint density at radius 2 is 1.94 bits per heavy atom. The summed E-state index contributed by atoms with van der Waals surface area (Å²) in [6, 6.07) is 14.6. The zero-order valence-corrected chi connectivity index (χ0v) is 19.3. The van der Waals surface area contributed by atoms with Crippen molar-refractivity contribution in [2.75, 3.05) is 13.2 Å². The van der Waals surface area contributed by atoms with Crippen molar-refractivity contribution in [2.24, 2.45) is 5.92 Å². The number of allylic oxidation sites excluding steroid dienone is 2. The monoisotopic (exact) mass is 454 g/mol. The van der Waals surface area contributed by atoms with Crippen LogP contribution in [0.1, 0.15) is 61.3 Å². The van der Waals surface area contributed by atoms with Gasteiger partial charge in [-0.15, -0.1) is 0 Å². The van der Waals surface area contributed by atoms with Gasteiger partial charge in [0, 0.05) is 22.9 Å². The first-order valence-electron chi connectivity index (χ1n) is 11.6. The topological polar surface area (TPSA) is 58.9 Å². The van der Waals surface area contributed by atoms with Crippen LogP contribution in [0.5, 0.6) is 0 Å². The molecule has 0 saturated carbocycles. The molecule has 2 N–H and O–H groups in total. The highest BCUT2D eigenvalue weighted by Crippen LogP contribution is 2.51. The molecular formula is C27H31ClO4. The second-order valence-electron chi connectivity index (χ2n) is 9.58. The molecule has 0 aromatic heterocycles. The first-order valence-corrected chi connectivity index (χ1v) is 12.0. The first kappa shape index (κ1) is 22.1. The van der Waals surface area contributed by atoms with E-state index in [4.69, 9.17) is 21.1 Å². The molecule has 2 heterocycles. The Kier molecular flexibility index (Phi) is 5.93. The number of halogens is 1. The molecule has 170 valence electrons. The van der Waals surface area contributed by atoms with Crippen LogP contribution in [-0.4, -0.2) is 35.1 Å². The standard InChI is InChI=1S/C27H31ClO4/c1-18-25(30)15-27(31-17-26(18,16-29)32-27)23-11-12-24(28)22(14-23)13-19-7-9-21(10-8-19)20-5-3-2-4-6-20/h5,7-12,14,18,25,29-30H,2-4,6,13,15-17H2,1H3/t18-,25-,26+,27-/m1/s1. The zero-order valence-electron chi connectivity index (χ0n) is 18.5. The number of hydrogen-bond acceptors (Lipinski definition) is 4. The largest absolute Gasteiger partial charge is 0.393 e. The summed E-state index contributed by atoms with van der Waals surface area (Å²) >= 11 is 6.56. The summed E-state index contributed by atoms with van der Waals surface area (Å²) < 4.78 is 12.5. The lowest BCUT2D eigenvalue weighted by atomic mass is 9.80. The molecule has 0 radical (unpaired) electrons. The summed E-state index contributed by atoms with van der Waals surface area (Å²) in [4.78, 5) is 0. The molecule has 2 bridgehead atoms. The molecule has 0 spiro atoms. The fourth-order valence-electron chi connectivity index (χ4n) is 5.34. The molecule has 2 aromatic carbocycles. The summed E-state index contributed by atoms with van der Waals surface area (Å²) in [6.45, 7) is 1.98. The third-order valence-electron chi connectivity index (χ3n) is 7.57. The lowest BCUT2D eigenvalue weighted by Gasteiger charge is -2.44. The lowest BCUT2D eigenvalue weighted by Crippen LogP contribution is -2.54. The van der Waals surface area contributed by atoms with Crippen LogP contribution in [0.25, 0.3) is 5.57 Å². The second-order valence-corrected chi connectivity index (χ2v) is 9.99. The van der Waals surface area contributed by atoms with E-state index in [-0.39, 0.29) is 19.1 Å². The van der Waals surface area contributed by atoms with Crippen molar-refractivity contribution in [2.45, 2.75) is 62.9 Å². The Morgan fingerprint density at radius 1 is 1.12 bits per heavy atom. The van der Waals surface area contributed by atoms with E-state index in [2.05, 4.69) is 30.3 Å². The Bertz CT molecular complexity index is 1020. The highest BCUT2D eigenvalue weighted by atomic mass is 35.5. The van der Waals surface area contributed by atoms with E-state index in [0.717, 1.165) is 17.5 Å². The zero-order chi connectivity index (χ0) is 22.3. The van der Waals surface area contributed by atoms with Gasteiger partial charge in [0.05, 0.1) is 19.3 Å². The van der Waals surface area contributed by atoms with E-state index in [9.17, 15) is 10.2 Å². The molecule has 5 heteroatoms. The average Bonchev–Trinajstić information content (AvgIpc) is 3.17. The van der Waals surface area contributed by atoms with Crippen LogP contribution in [0.3, 0.4) is 0 Å². The molecule has 2 aliphatic heterocycles. The Hall–Kier alpha value is -1.69. The maximum absolute atomic E-state index is 10.7. The predicted octanol–water partition coefficient (Wildman–Crippen LogP) is 5.22. The van der Waals surface area contributed by atoms with Crippen LogP contribution in [0, 0.1) is 5.92 Å². The molecule has 0 amide bonds. The van der Waals surface area contributed by atoms with Gasteiger partial charge in [-0.1, -0.05) is 54.9 Å². The maximum atomic E-state index is 10.7. The number of rotatable bonds is 5. The first-order chi connectivity index (χ1) is 15.4. The Morgan fingerprint density at radius 3 is 2.66 bits per heavy atom. The number of ether oxygens (including phenoxy) is 2. The van der Waals surface area contributed by atoms with Gasteiger partial charge >= 0.3 is 0 Å². The van der Waals surface area contributed by atoms with Gasteiger partial charge in [-0.05, 0) is 66.5 Å². The summed E-state index contributed by atoms with van der Waals surface area (Å²) in [6.07, 6.45) is 7.69. The van der Waals surface area contributed by atoms with Crippen molar-refractivity contribution in [1.82, 2.24) is 0 Å². The van der Waals surface area contributed by atoms with E-state index in [1.54, 1.807) is 0 Å².